The Morgan fingerprint density at radius 2 is 1.79 bits per heavy atom. The van der Waals surface area contributed by atoms with E-state index in [4.69, 9.17) is 27.9 Å². The molecule has 1 unspecified atom stereocenters. The van der Waals surface area contributed by atoms with E-state index in [9.17, 15) is 24.9 Å². The maximum atomic E-state index is 13.1. The van der Waals surface area contributed by atoms with Crippen molar-refractivity contribution < 1.29 is 29.6 Å². The zero-order valence-electron chi connectivity index (χ0n) is 15.1. The molecule has 28 heavy (non-hydrogen) atoms. The van der Waals surface area contributed by atoms with Crippen molar-refractivity contribution in [1.29, 1.82) is 0 Å². The summed E-state index contributed by atoms with van der Waals surface area (Å²) in [5.41, 5.74) is -1.69. The van der Waals surface area contributed by atoms with E-state index >= 15 is 0 Å². The molecule has 6 nitrogen and oxygen atoms in total. The number of alkyl halides is 2. The average Bonchev–Trinajstić information content (AvgIpc) is 2.65. The Morgan fingerprint density at radius 1 is 1.11 bits per heavy atom. The molecule has 148 valence electrons. The molecule has 1 atom stereocenters. The minimum absolute atomic E-state index is 0.0305. The van der Waals surface area contributed by atoms with Crippen LogP contribution in [0.15, 0.2) is 24.3 Å². The van der Waals surface area contributed by atoms with Gasteiger partial charge in [0.1, 0.15) is 22.1 Å². The van der Waals surface area contributed by atoms with Gasteiger partial charge in [-0.25, -0.2) is 0 Å². The van der Waals surface area contributed by atoms with Gasteiger partial charge in [-0.05, 0) is 37.5 Å². The minimum Gasteiger partial charge on any atom is -0.507 e. The highest BCUT2D eigenvalue weighted by Gasteiger charge is 2.38. The number of ether oxygens (including phenoxy) is 1. The predicted octanol–water partition coefficient (Wildman–Crippen LogP) is 3.37. The normalized spacial score (nSPS) is 15.2. The summed E-state index contributed by atoms with van der Waals surface area (Å²) in [7, 11) is 1.37. The van der Waals surface area contributed by atoms with Crippen LogP contribution in [0.5, 0.6) is 17.2 Å². The Balaban J connectivity index is 2.12. The van der Waals surface area contributed by atoms with Crippen LogP contribution in [0.2, 0.25) is 0 Å². The molecule has 0 saturated heterocycles. The number of hydrogen-bond donors (Lipinski definition) is 3. The van der Waals surface area contributed by atoms with E-state index in [1.165, 1.54) is 32.2 Å². The highest BCUT2D eigenvalue weighted by Crippen LogP contribution is 2.43. The summed E-state index contributed by atoms with van der Waals surface area (Å²) < 4.78 is 5.19. The number of aromatic hydroxyl groups is 2. The summed E-state index contributed by atoms with van der Waals surface area (Å²) >= 11 is 11.5. The van der Waals surface area contributed by atoms with E-state index < -0.39 is 33.5 Å². The van der Waals surface area contributed by atoms with E-state index in [0.29, 0.717) is 0 Å². The van der Waals surface area contributed by atoms with Gasteiger partial charge in [-0.15, -0.1) is 23.2 Å². The lowest BCUT2D eigenvalue weighted by atomic mass is 9.81. The fraction of sp³-hybridized carbons (Fsp3) is 0.300. The van der Waals surface area contributed by atoms with Crippen molar-refractivity contribution in [2.75, 3.05) is 7.11 Å². The third-order valence-corrected chi connectivity index (χ3v) is 5.84. The Hall–Kier alpha value is -2.28. The fourth-order valence-corrected chi connectivity index (χ4v) is 3.45. The summed E-state index contributed by atoms with van der Waals surface area (Å²) in [5.74, 6) is -1.88. The van der Waals surface area contributed by atoms with Gasteiger partial charge in [0.25, 0.3) is 0 Å². The topological polar surface area (TPSA) is 104 Å². The molecule has 0 heterocycles. The molecule has 0 saturated carbocycles. The number of hydrogen-bond acceptors (Lipinski definition) is 6. The SMILES string of the molecule is COc1cccc2c1C(=O)c1c(O)c(CCC(C)(O)C(Cl)Cl)cc(O)c1C2=O. The van der Waals surface area contributed by atoms with Crippen LogP contribution < -0.4 is 4.74 Å². The monoisotopic (exact) mass is 424 g/mol. The first-order valence-corrected chi connectivity index (χ1v) is 9.32. The number of carbonyl (C=O) groups is 2. The van der Waals surface area contributed by atoms with Gasteiger partial charge in [-0.2, -0.15) is 0 Å². The zero-order chi connectivity index (χ0) is 20.8. The number of phenolic OH excluding ortho intramolecular Hbond substituents is 2. The summed E-state index contributed by atoms with van der Waals surface area (Å²) in [4.78, 5) is 24.9. The Kier molecular flexibility index (Phi) is 5.32. The van der Waals surface area contributed by atoms with Crippen molar-refractivity contribution in [3.8, 4) is 17.2 Å². The van der Waals surface area contributed by atoms with Crippen LogP contribution in [0.3, 0.4) is 0 Å². The van der Waals surface area contributed by atoms with Gasteiger partial charge in [0.05, 0.1) is 29.4 Å². The molecule has 0 fully saturated rings. The van der Waals surface area contributed by atoms with E-state index in [-0.39, 0.29) is 46.4 Å². The summed E-state index contributed by atoms with van der Waals surface area (Å²) in [6.07, 6.45) is 0.119. The largest absolute Gasteiger partial charge is 0.507 e. The molecular formula is C20H18Cl2O6. The summed E-state index contributed by atoms with van der Waals surface area (Å²) in [6, 6.07) is 5.77. The third kappa shape index (κ3) is 3.21. The van der Waals surface area contributed by atoms with Gasteiger partial charge in [0.15, 0.2) is 5.78 Å². The highest BCUT2D eigenvalue weighted by molar-refractivity contribution is 6.45. The Labute approximate surface area is 171 Å². The molecule has 2 aromatic carbocycles. The van der Waals surface area contributed by atoms with Crippen LogP contribution in [0.25, 0.3) is 0 Å². The van der Waals surface area contributed by atoms with Gasteiger partial charge >= 0.3 is 0 Å². The second-order valence-electron chi connectivity index (χ2n) is 6.85. The highest BCUT2D eigenvalue weighted by atomic mass is 35.5. The molecule has 0 amide bonds. The maximum absolute atomic E-state index is 13.1. The predicted molar refractivity (Wildman–Crippen MR) is 104 cm³/mol. The quantitative estimate of drug-likeness (QED) is 0.428. The Bertz CT molecular complexity index is 981. The number of rotatable bonds is 5. The molecule has 0 radical (unpaired) electrons. The van der Waals surface area contributed by atoms with Crippen molar-refractivity contribution in [2.45, 2.75) is 30.2 Å². The molecule has 0 aromatic heterocycles. The van der Waals surface area contributed by atoms with Crippen LogP contribution in [-0.4, -0.2) is 44.4 Å². The van der Waals surface area contributed by atoms with Crippen molar-refractivity contribution >= 4 is 34.8 Å². The molecule has 0 spiro atoms. The van der Waals surface area contributed by atoms with Crippen LogP contribution in [-0.2, 0) is 6.42 Å². The minimum atomic E-state index is -1.45. The maximum Gasteiger partial charge on any atom is 0.202 e. The molecule has 1 aliphatic rings. The molecule has 0 bridgehead atoms. The first kappa shape index (κ1) is 20.5. The number of ketones is 2. The van der Waals surface area contributed by atoms with E-state index in [1.54, 1.807) is 6.07 Å². The number of fused-ring (bicyclic) bond motifs is 2. The lowest BCUT2D eigenvalue weighted by Crippen LogP contribution is -2.32. The first-order chi connectivity index (χ1) is 13.1. The number of carbonyl (C=O) groups excluding carboxylic acids is 2. The molecular weight excluding hydrogens is 407 g/mol. The van der Waals surface area contributed by atoms with Crippen LogP contribution in [0.4, 0.5) is 0 Å². The van der Waals surface area contributed by atoms with Crippen LogP contribution in [0, 0.1) is 0 Å². The van der Waals surface area contributed by atoms with Gasteiger partial charge in [0, 0.05) is 5.56 Å². The van der Waals surface area contributed by atoms with Gasteiger partial charge in [-0.1, -0.05) is 12.1 Å². The number of aliphatic hydroxyl groups is 1. The zero-order valence-corrected chi connectivity index (χ0v) is 16.6. The molecule has 2 aromatic rings. The Morgan fingerprint density at radius 3 is 2.39 bits per heavy atom. The van der Waals surface area contributed by atoms with Crippen molar-refractivity contribution in [1.82, 2.24) is 0 Å². The number of aryl methyl sites for hydroxylation is 1. The lowest BCUT2D eigenvalue weighted by Gasteiger charge is -2.26. The van der Waals surface area contributed by atoms with Crippen LogP contribution >= 0.6 is 23.2 Å². The van der Waals surface area contributed by atoms with E-state index in [1.807, 2.05) is 0 Å². The van der Waals surface area contributed by atoms with Gasteiger partial charge < -0.3 is 20.1 Å². The number of benzene rings is 2. The fourth-order valence-electron chi connectivity index (χ4n) is 3.24. The van der Waals surface area contributed by atoms with Gasteiger partial charge in [0.2, 0.25) is 5.78 Å². The van der Waals surface area contributed by atoms with E-state index in [2.05, 4.69) is 0 Å². The third-order valence-electron chi connectivity index (χ3n) is 4.90. The molecule has 0 aliphatic heterocycles. The lowest BCUT2D eigenvalue weighted by molar-refractivity contribution is 0.0650. The number of phenols is 2. The van der Waals surface area contributed by atoms with Gasteiger partial charge in [-0.3, -0.25) is 9.59 Å². The van der Waals surface area contributed by atoms with E-state index in [0.717, 1.165) is 0 Å². The van der Waals surface area contributed by atoms with Crippen LogP contribution in [0.1, 0.15) is 50.8 Å². The molecule has 1 aliphatic carbocycles. The van der Waals surface area contributed by atoms with Crippen molar-refractivity contribution in [3.63, 3.8) is 0 Å². The molecule has 3 rings (SSSR count). The second-order valence-corrected chi connectivity index (χ2v) is 7.95. The first-order valence-electron chi connectivity index (χ1n) is 8.45. The smallest absolute Gasteiger partial charge is 0.202 e. The molecule has 8 heteroatoms. The second kappa shape index (κ2) is 7.28. The average molecular weight is 425 g/mol. The van der Waals surface area contributed by atoms with Crippen molar-refractivity contribution in [2.24, 2.45) is 0 Å². The number of halogens is 2. The van der Waals surface area contributed by atoms with Crippen molar-refractivity contribution in [3.05, 3.63) is 52.1 Å². The standard InChI is InChI=1S/C20H18Cl2O6/c1-20(27,19(21)22)7-6-9-8-11(23)14-15(16(9)24)18(26)13-10(17(14)25)4-3-5-12(13)28-2/h3-5,8,19,23-24,27H,6-7H2,1-2H3. The summed E-state index contributed by atoms with van der Waals surface area (Å²) in [5, 5.41) is 31.3. The molecule has 3 N–H and O–H groups in total. The number of methoxy groups -OCH3 is 1. The summed E-state index contributed by atoms with van der Waals surface area (Å²) in [6.45, 7) is 1.43.